The third kappa shape index (κ3) is 5.36. The van der Waals surface area contributed by atoms with Crippen molar-refractivity contribution in [2.75, 3.05) is 38.2 Å². The zero-order chi connectivity index (χ0) is 21.8. The molecule has 2 atom stereocenters. The van der Waals surface area contributed by atoms with Crippen LogP contribution in [-0.4, -0.2) is 38.2 Å². The lowest BCUT2D eigenvalue weighted by Crippen LogP contribution is -2.49. The van der Waals surface area contributed by atoms with E-state index in [2.05, 4.69) is 46.2 Å². The quantitative estimate of drug-likeness (QED) is 0.386. The third-order valence-electron chi connectivity index (χ3n) is 5.82. The van der Waals surface area contributed by atoms with E-state index in [-0.39, 0.29) is 12.1 Å². The Labute approximate surface area is 199 Å². The van der Waals surface area contributed by atoms with Gasteiger partial charge in [0.05, 0.1) is 22.9 Å². The van der Waals surface area contributed by atoms with E-state index in [1.165, 1.54) is 11.1 Å². The van der Waals surface area contributed by atoms with Gasteiger partial charge in [-0.2, -0.15) is 0 Å². The molecule has 3 nitrogen and oxygen atoms in total. The minimum Gasteiger partial charge on any atom is -0.375 e. The van der Waals surface area contributed by atoms with E-state index in [4.69, 9.17) is 39.5 Å². The molecule has 0 saturated carbocycles. The molecular formula is C25H25Cl3N2O. The fourth-order valence-electron chi connectivity index (χ4n) is 4.20. The first kappa shape index (κ1) is 22.4. The van der Waals surface area contributed by atoms with Crippen LogP contribution in [0.3, 0.4) is 0 Å². The highest BCUT2D eigenvalue weighted by atomic mass is 35.5. The van der Waals surface area contributed by atoms with Crippen molar-refractivity contribution >= 4 is 40.5 Å². The van der Waals surface area contributed by atoms with Crippen molar-refractivity contribution in [3.05, 3.63) is 99.0 Å². The van der Waals surface area contributed by atoms with Crippen LogP contribution in [0.15, 0.2) is 72.8 Å². The van der Waals surface area contributed by atoms with Crippen molar-refractivity contribution in [2.24, 2.45) is 0 Å². The topological polar surface area (TPSA) is 15.7 Å². The lowest BCUT2D eigenvalue weighted by atomic mass is 10.00. The van der Waals surface area contributed by atoms with Crippen LogP contribution in [0.1, 0.15) is 23.3 Å². The molecular weight excluding hydrogens is 451 g/mol. The van der Waals surface area contributed by atoms with Crippen LogP contribution >= 0.6 is 34.8 Å². The monoisotopic (exact) mass is 474 g/mol. The summed E-state index contributed by atoms with van der Waals surface area (Å²) in [5.74, 6) is 0. The first-order valence-electron chi connectivity index (χ1n) is 10.3. The van der Waals surface area contributed by atoms with E-state index in [9.17, 15) is 0 Å². The van der Waals surface area contributed by atoms with Gasteiger partial charge in [-0.25, -0.2) is 0 Å². The molecule has 0 radical (unpaired) electrons. The predicted octanol–water partition coefficient (Wildman–Crippen LogP) is 6.90. The van der Waals surface area contributed by atoms with Crippen molar-refractivity contribution in [3.63, 3.8) is 0 Å². The second-order valence-corrected chi connectivity index (χ2v) is 9.03. The molecule has 1 saturated heterocycles. The van der Waals surface area contributed by atoms with Gasteiger partial charge >= 0.3 is 0 Å². The molecule has 0 amide bonds. The van der Waals surface area contributed by atoms with Crippen LogP contribution in [0.2, 0.25) is 15.1 Å². The Morgan fingerprint density at radius 1 is 0.903 bits per heavy atom. The fraction of sp³-hybridized carbons (Fsp3) is 0.280. The van der Waals surface area contributed by atoms with E-state index in [1.807, 2.05) is 30.3 Å². The van der Waals surface area contributed by atoms with E-state index in [0.717, 1.165) is 36.9 Å². The summed E-state index contributed by atoms with van der Waals surface area (Å²) in [4.78, 5) is 4.82. The van der Waals surface area contributed by atoms with E-state index in [0.29, 0.717) is 10.0 Å². The standard InChI is InChI=1S/C25H25Cl3N2O/c1-31-25(19-5-3-2-4-6-19)17-29-13-14-30(23-12-11-21(27)15-22(23)28)24(16-29)18-7-9-20(26)10-8-18/h2-12,15,24-25H,13-14,16-17H2,1H3/t24-,25+/m0/s1. The van der Waals surface area contributed by atoms with Crippen LogP contribution in [0.5, 0.6) is 0 Å². The summed E-state index contributed by atoms with van der Waals surface area (Å²) in [5.41, 5.74) is 3.39. The lowest BCUT2D eigenvalue weighted by molar-refractivity contribution is 0.0566. The van der Waals surface area contributed by atoms with Crippen LogP contribution in [0.4, 0.5) is 5.69 Å². The van der Waals surface area contributed by atoms with Gasteiger partial charge in [-0.3, -0.25) is 4.90 Å². The summed E-state index contributed by atoms with van der Waals surface area (Å²) in [6, 6.07) is 24.3. The number of methoxy groups -OCH3 is 1. The number of halogens is 3. The molecule has 1 aliphatic rings. The molecule has 0 N–H and O–H groups in total. The van der Waals surface area contributed by atoms with Gasteiger partial charge in [0.1, 0.15) is 0 Å². The molecule has 1 fully saturated rings. The molecule has 0 bridgehead atoms. The van der Waals surface area contributed by atoms with Crippen LogP contribution in [0, 0.1) is 0 Å². The number of anilines is 1. The highest BCUT2D eigenvalue weighted by Crippen LogP contribution is 2.37. The molecule has 1 heterocycles. The first-order valence-corrected chi connectivity index (χ1v) is 11.5. The normalized spacial score (nSPS) is 18.2. The molecule has 0 spiro atoms. The number of piperazine rings is 1. The van der Waals surface area contributed by atoms with E-state index >= 15 is 0 Å². The Balaban J connectivity index is 1.60. The number of benzene rings is 3. The van der Waals surface area contributed by atoms with Crippen molar-refractivity contribution in [3.8, 4) is 0 Å². The number of hydrogen-bond donors (Lipinski definition) is 0. The van der Waals surface area contributed by atoms with Crippen molar-refractivity contribution in [2.45, 2.75) is 12.1 Å². The molecule has 0 aliphatic carbocycles. The Bertz CT molecular complexity index is 997. The molecule has 162 valence electrons. The van der Waals surface area contributed by atoms with E-state index < -0.39 is 0 Å². The number of nitrogens with zero attached hydrogens (tertiary/aromatic N) is 2. The van der Waals surface area contributed by atoms with Crippen LogP contribution in [-0.2, 0) is 4.74 Å². The molecule has 0 aromatic heterocycles. The highest BCUT2D eigenvalue weighted by molar-refractivity contribution is 6.36. The van der Waals surface area contributed by atoms with Gasteiger partial charge in [0.2, 0.25) is 0 Å². The van der Waals surface area contributed by atoms with Gasteiger partial charge in [-0.05, 0) is 41.5 Å². The Kier molecular flexibility index (Phi) is 7.42. The summed E-state index contributed by atoms with van der Waals surface area (Å²) in [6.45, 7) is 3.44. The largest absolute Gasteiger partial charge is 0.375 e. The van der Waals surface area contributed by atoms with Crippen molar-refractivity contribution < 1.29 is 4.74 Å². The van der Waals surface area contributed by atoms with E-state index in [1.54, 1.807) is 13.2 Å². The van der Waals surface area contributed by atoms with Gasteiger partial charge in [0.25, 0.3) is 0 Å². The number of hydrogen-bond acceptors (Lipinski definition) is 3. The van der Waals surface area contributed by atoms with Crippen LogP contribution in [0.25, 0.3) is 0 Å². The molecule has 0 unspecified atom stereocenters. The maximum absolute atomic E-state index is 6.58. The number of ether oxygens (including phenoxy) is 1. The molecule has 3 aromatic rings. The average molecular weight is 476 g/mol. The smallest absolute Gasteiger partial charge is 0.0947 e. The first-order chi connectivity index (χ1) is 15.0. The van der Waals surface area contributed by atoms with Gasteiger partial charge in [-0.15, -0.1) is 0 Å². The SMILES string of the molecule is CO[C@H](CN1CCN(c2ccc(Cl)cc2Cl)[C@H](c2ccc(Cl)cc2)C1)c1ccccc1. The molecule has 3 aromatic carbocycles. The molecule has 31 heavy (non-hydrogen) atoms. The van der Waals surface area contributed by atoms with Gasteiger partial charge in [-0.1, -0.05) is 77.3 Å². The summed E-state index contributed by atoms with van der Waals surface area (Å²) in [7, 11) is 1.78. The number of rotatable bonds is 6. The maximum Gasteiger partial charge on any atom is 0.0947 e. The molecule has 6 heteroatoms. The minimum atomic E-state index is 0.0257. The van der Waals surface area contributed by atoms with Crippen LogP contribution < -0.4 is 4.90 Å². The van der Waals surface area contributed by atoms with Gasteiger partial charge < -0.3 is 9.64 Å². The Morgan fingerprint density at radius 2 is 1.61 bits per heavy atom. The zero-order valence-electron chi connectivity index (χ0n) is 17.3. The summed E-state index contributed by atoms with van der Waals surface area (Å²) in [6.07, 6.45) is 0.0257. The van der Waals surface area contributed by atoms with Crippen molar-refractivity contribution in [1.29, 1.82) is 0 Å². The second kappa shape index (κ2) is 10.2. The maximum atomic E-state index is 6.58. The minimum absolute atomic E-state index is 0.0257. The fourth-order valence-corrected chi connectivity index (χ4v) is 4.84. The summed E-state index contributed by atoms with van der Waals surface area (Å²) in [5, 5.41) is 2.04. The van der Waals surface area contributed by atoms with Crippen molar-refractivity contribution in [1.82, 2.24) is 4.90 Å². The van der Waals surface area contributed by atoms with Gasteiger partial charge in [0, 0.05) is 43.3 Å². The Hall–Kier alpha value is -1.75. The highest BCUT2D eigenvalue weighted by Gasteiger charge is 2.31. The summed E-state index contributed by atoms with van der Waals surface area (Å²) >= 11 is 18.9. The van der Waals surface area contributed by atoms with Gasteiger partial charge in [0.15, 0.2) is 0 Å². The Morgan fingerprint density at radius 3 is 2.29 bits per heavy atom. The zero-order valence-corrected chi connectivity index (χ0v) is 19.6. The third-order valence-corrected chi connectivity index (χ3v) is 6.61. The second-order valence-electron chi connectivity index (χ2n) is 7.75. The lowest BCUT2D eigenvalue weighted by Gasteiger charge is -2.44. The molecule has 4 rings (SSSR count). The average Bonchev–Trinajstić information content (AvgIpc) is 2.79. The molecule has 1 aliphatic heterocycles. The predicted molar refractivity (Wildman–Crippen MR) is 131 cm³/mol. The summed E-state index contributed by atoms with van der Waals surface area (Å²) < 4.78 is 5.83.